The normalized spacial score (nSPS) is 15.9. The molecule has 176 valence electrons. The molecule has 0 aliphatic carbocycles. The fourth-order valence-corrected chi connectivity index (χ4v) is 5.13. The van der Waals surface area contributed by atoms with Crippen LogP contribution in [0.2, 0.25) is 0 Å². The molecule has 1 aromatic carbocycles. The number of thiazole rings is 1. The Labute approximate surface area is 203 Å². The van der Waals surface area contributed by atoms with Crippen LogP contribution in [0.25, 0.3) is 6.08 Å². The molecule has 0 bridgehead atoms. The zero-order valence-electron chi connectivity index (χ0n) is 19.9. The maximum atomic E-state index is 13.7. The van der Waals surface area contributed by atoms with Crippen molar-refractivity contribution in [3.63, 3.8) is 0 Å². The van der Waals surface area contributed by atoms with Crippen LogP contribution in [0.4, 0.5) is 0 Å². The van der Waals surface area contributed by atoms with Crippen LogP contribution in [-0.4, -0.2) is 22.1 Å². The highest BCUT2D eigenvalue weighted by Gasteiger charge is 2.34. The van der Waals surface area contributed by atoms with Gasteiger partial charge in [-0.25, -0.2) is 9.79 Å². The van der Waals surface area contributed by atoms with E-state index in [4.69, 9.17) is 9.73 Å². The van der Waals surface area contributed by atoms with E-state index < -0.39 is 12.0 Å². The molecule has 0 saturated heterocycles. The molecule has 7 heteroatoms. The number of esters is 1. The Balaban J connectivity index is 1.98. The Kier molecular flexibility index (Phi) is 7.22. The van der Waals surface area contributed by atoms with E-state index in [9.17, 15) is 9.59 Å². The molecule has 1 aliphatic heterocycles. The van der Waals surface area contributed by atoms with Gasteiger partial charge in [0.05, 0.1) is 28.5 Å². The third-order valence-corrected chi connectivity index (χ3v) is 6.80. The maximum Gasteiger partial charge on any atom is 0.338 e. The third kappa shape index (κ3) is 4.66. The summed E-state index contributed by atoms with van der Waals surface area (Å²) in [6.07, 6.45) is 6.69. The topological polar surface area (TPSA) is 73.6 Å². The van der Waals surface area contributed by atoms with Gasteiger partial charge in [0, 0.05) is 12.4 Å². The number of pyridine rings is 1. The van der Waals surface area contributed by atoms with E-state index in [1.54, 1.807) is 23.9 Å². The minimum absolute atomic E-state index is 0.171. The molecule has 1 atom stereocenters. The smallest absolute Gasteiger partial charge is 0.338 e. The SMILES string of the molecule is CCCC1=C(C(=O)OCC)[C@H](c2ccc(C(C)C)cc2)n2c(s/c(=C\c3ccncc3)c2=O)=N1. The molecule has 0 amide bonds. The van der Waals surface area contributed by atoms with E-state index in [2.05, 4.69) is 37.9 Å². The molecule has 1 aliphatic rings. The molecule has 0 saturated carbocycles. The number of aromatic nitrogens is 2. The average molecular weight is 476 g/mol. The number of ether oxygens (including phenoxy) is 1. The van der Waals surface area contributed by atoms with Gasteiger partial charge in [0.25, 0.3) is 5.56 Å². The first-order chi connectivity index (χ1) is 16.4. The zero-order valence-corrected chi connectivity index (χ0v) is 20.8. The van der Waals surface area contributed by atoms with Crippen LogP contribution in [-0.2, 0) is 9.53 Å². The van der Waals surface area contributed by atoms with Crippen molar-refractivity contribution >= 4 is 23.4 Å². The van der Waals surface area contributed by atoms with Gasteiger partial charge < -0.3 is 4.74 Å². The first-order valence-corrected chi connectivity index (χ1v) is 12.5. The molecule has 6 nitrogen and oxygen atoms in total. The lowest BCUT2D eigenvalue weighted by Gasteiger charge is -2.26. The number of hydrogen-bond donors (Lipinski definition) is 0. The second-order valence-electron chi connectivity index (χ2n) is 8.52. The third-order valence-electron chi connectivity index (χ3n) is 5.81. The lowest BCUT2D eigenvalue weighted by molar-refractivity contribution is -0.139. The highest BCUT2D eigenvalue weighted by Crippen LogP contribution is 2.33. The fourth-order valence-electron chi connectivity index (χ4n) is 4.11. The first kappa shape index (κ1) is 23.8. The predicted molar refractivity (Wildman–Crippen MR) is 134 cm³/mol. The number of allylic oxidation sites excluding steroid dienone is 1. The summed E-state index contributed by atoms with van der Waals surface area (Å²) in [7, 11) is 0. The van der Waals surface area contributed by atoms with Crippen molar-refractivity contribution in [2.75, 3.05) is 6.61 Å². The number of carbonyl (C=O) groups excluding carboxylic acids is 1. The highest BCUT2D eigenvalue weighted by molar-refractivity contribution is 7.07. The summed E-state index contributed by atoms with van der Waals surface area (Å²) in [5.74, 6) is -0.0387. The molecule has 34 heavy (non-hydrogen) atoms. The van der Waals surface area contributed by atoms with Crippen LogP contribution in [0.3, 0.4) is 0 Å². The lowest BCUT2D eigenvalue weighted by atomic mass is 9.92. The molecule has 3 aromatic rings. The molecule has 2 aromatic heterocycles. The Morgan fingerprint density at radius 1 is 1.15 bits per heavy atom. The molecule has 0 fully saturated rings. The highest BCUT2D eigenvalue weighted by atomic mass is 32.1. The molecule has 0 N–H and O–H groups in total. The molecule has 0 spiro atoms. The van der Waals surface area contributed by atoms with E-state index in [0.29, 0.717) is 32.9 Å². The zero-order chi connectivity index (χ0) is 24.2. The second kappa shape index (κ2) is 10.3. The second-order valence-corrected chi connectivity index (χ2v) is 9.52. The molecule has 4 rings (SSSR count). The number of nitrogens with zero attached hydrogens (tertiary/aromatic N) is 3. The molecule has 3 heterocycles. The van der Waals surface area contributed by atoms with Crippen molar-refractivity contribution in [1.82, 2.24) is 9.55 Å². The summed E-state index contributed by atoms with van der Waals surface area (Å²) < 4.78 is 7.66. The number of benzene rings is 1. The van der Waals surface area contributed by atoms with Gasteiger partial charge in [0.15, 0.2) is 4.80 Å². The van der Waals surface area contributed by atoms with Gasteiger partial charge in [-0.3, -0.25) is 14.3 Å². The molecule has 0 unspecified atom stereocenters. The van der Waals surface area contributed by atoms with Crippen LogP contribution in [0.1, 0.15) is 69.2 Å². The molecular weight excluding hydrogens is 446 g/mol. The van der Waals surface area contributed by atoms with E-state index in [1.807, 2.05) is 30.3 Å². The van der Waals surface area contributed by atoms with Crippen LogP contribution in [0.15, 0.2) is 69.8 Å². The summed E-state index contributed by atoms with van der Waals surface area (Å²) >= 11 is 1.34. The number of rotatable bonds is 7. The van der Waals surface area contributed by atoms with Gasteiger partial charge in [0.2, 0.25) is 0 Å². The van der Waals surface area contributed by atoms with Crippen LogP contribution in [0, 0.1) is 0 Å². The predicted octanol–water partition coefficient (Wildman–Crippen LogP) is 4.10. The van der Waals surface area contributed by atoms with Gasteiger partial charge in [-0.2, -0.15) is 0 Å². The van der Waals surface area contributed by atoms with E-state index in [0.717, 1.165) is 17.5 Å². The van der Waals surface area contributed by atoms with Crippen molar-refractivity contribution in [1.29, 1.82) is 0 Å². The summed E-state index contributed by atoms with van der Waals surface area (Å²) in [6.45, 7) is 8.37. The Morgan fingerprint density at radius 2 is 1.85 bits per heavy atom. The number of fused-ring (bicyclic) bond motifs is 1. The quantitative estimate of drug-likeness (QED) is 0.483. The minimum Gasteiger partial charge on any atom is -0.463 e. The van der Waals surface area contributed by atoms with Crippen LogP contribution < -0.4 is 14.9 Å². The Hall–Kier alpha value is -3.32. The van der Waals surface area contributed by atoms with Crippen molar-refractivity contribution in [2.24, 2.45) is 4.99 Å². The summed E-state index contributed by atoms with van der Waals surface area (Å²) in [6, 6.07) is 11.3. The lowest BCUT2D eigenvalue weighted by Crippen LogP contribution is -2.40. The number of hydrogen-bond acceptors (Lipinski definition) is 6. The maximum absolute atomic E-state index is 13.7. The molecule has 0 radical (unpaired) electrons. The monoisotopic (exact) mass is 475 g/mol. The Bertz CT molecular complexity index is 1380. The standard InChI is InChI=1S/C27H29N3O3S/c1-5-7-21-23(26(32)33-6-2)24(20-10-8-19(9-11-20)17(3)4)30-25(31)22(34-27(30)29-21)16-18-12-14-28-15-13-18/h8-17,24H,5-7H2,1-4H3/b22-16-/t24-/m0/s1. The molecular formula is C27H29N3O3S. The largest absolute Gasteiger partial charge is 0.463 e. The summed E-state index contributed by atoms with van der Waals surface area (Å²) in [4.78, 5) is 36.3. The van der Waals surface area contributed by atoms with Crippen LogP contribution in [0.5, 0.6) is 0 Å². The van der Waals surface area contributed by atoms with Crippen molar-refractivity contribution in [2.45, 2.75) is 52.5 Å². The average Bonchev–Trinajstić information content (AvgIpc) is 3.14. The van der Waals surface area contributed by atoms with Gasteiger partial charge >= 0.3 is 5.97 Å². The van der Waals surface area contributed by atoms with Crippen molar-refractivity contribution in [3.05, 3.63) is 96.4 Å². The minimum atomic E-state index is -0.586. The summed E-state index contributed by atoms with van der Waals surface area (Å²) in [5, 5.41) is 0. The Morgan fingerprint density at radius 3 is 2.47 bits per heavy atom. The first-order valence-electron chi connectivity index (χ1n) is 11.7. The van der Waals surface area contributed by atoms with Crippen molar-refractivity contribution in [3.8, 4) is 0 Å². The number of carbonyl (C=O) groups is 1. The summed E-state index contributed by atoms with van der Waals surface area (Å²) in [5.41, 5.74) is 3.92. The van der Waals surface area contributed by atoms with Gasteiger partial charge in [-0.1, -0.05) is 62.8 Å². The fraction of sp³-hybridized carbons (Fsp3) is 0.333. The van der Waals surface area contributed by atoms with E-state index in [-0.39, 0.29) is 12.2 Å². The van der Waals surface area contributed by atoms with E-state index in [1.165, 1.54) is 16.9 Å². The van der Waals surface area contributed by atoms with Crippen LogP contribution >= 0.6 is 11.3 Å². The van der Waals surface area contributed by atoms with Gasteiger partial charge in [-0.05, 0) is 54.2 Å². The van der Waals surface area contributed by atoms with Crippen molar-refractivity contribution < 1.29 is 9.53 Å². The van der Waals surface area contributed by atoms with Gasteiger partial charge in [0.1, 0.15) is 0 Å². The van der Waals surface area contributed by atoms with E-state index >= 15 is 0 Å². The van der Waals surface area contributed by atoms with Gasteiger partial charge in [-0.15, -0.1) is 0 Å².